The summed E-state index contributed by atoms with van der Waals surface area (Å²) >= 11 is 0. The highest BCUT2D eigenvalue weighted by atomic mass is 16.5. The minimum atomic E-state index is 0.103. The molecule has 0 amide bonds. The van der Waals surface area contributed by atoms with Gasteiger partial charge >= 0.3 is 0 Å². The lowest BCUT2D eigenvalue weighted by atomic mass is 10.5. The lowest BCUT2D eigenvalue weighted by molar-refractivity contribution is 0.504. The summed E-state index contributed by atoms with van der Waals surface area (Å²) in [5.74, 6) is 0.307. The van der Waals surface area contributed by atoms with E-state index in [0.717, 1.165) is 0 Å². The number of aryl methyl sites for hydroxylation is 1. The van der Waals surface area contributed by atoms with E-state index in [9.17, 15) is 0 Å². The molecule has 0 spiro atoms. The zero-order chi connectivity index (χ0) is 10.1. The van der Waals surface area contributed by atoms with Crippen molar-refractivity contribution in [3.63, 3.8) is 0 Å². The number of nitrogens with two attached hydrogens (primary N) is 1. The summed E-state index contributed by atoms with van der Waals surface area (Å²) in [6.07, 6.45) is 8.60. The molecule has 0 fully saturated rings. The number of nitrogens with zero attached hydrogens (tertiary/aromatic N) is 4. The highest BCUT2D eigenvalue weighted by molar-refractivity contribution is 5.77. The average molecular weight is 189 g/mol. The molecule has 0 aliphatic rings. The van der Waals surface area contributed by atoms with Gasteiger partial charge in [-0.15, -0.1) is 0 Å². The van der Waals surface area contributed by atoms with E-state index in [4.69, 9.17) is 16.9 Å². The summed E-state index contributed by atoms with van der Waals surface area (Å²) in [5.41, 5.74) is 6.56. The first-order valence-corrected chi connectivity index (χ1v) is 3.79. The van der Waals surface area contributed by atoms with Crippen molar-refractivity contribution in [1.82, 2.24) is 19.5 Å². The highest BCUT2D eigenvalue weighted by Gasteiger charge is 2.11. The topological polar surface area (TPSA) is 78.8 Å². The normalized spacial score (nSPS) is 10.0. The van der Waals surface area contributed by atoms with Crippen molar-refractivity contribution >= 4 is 17.1 Å². The van der Waals surface area contributed by atoms with Gasteiger partial charge in [-0.25, -0.2) is 4.98 Å². The molecular weight excluding hydrogens is 182 g/mol. The molecule has 2 N–H and O–H groups in total. The van der Waals surface area contributed by atoms with Crippen LogP contribution in [0, 0.1) is 12.5 Å². The molecule has 6 heteroatoms. The second kappa shape index (κ2) is 2.88. The second-order valence-electron chi connectivity index (χ2n) is 2.63. The molecule has 2 rings (SSSR count). The first kappa shape index (κ1) is 8.31. The first-order valence-electron chi connectivity index (χ1n) is 3.79. The molecule has 2 aromatic heterocycles. The van der Waals surface area contributed by atoms with Crippen molar-refractivity contribution < 1.29 is 4.74 Å². The largest absolute Gasteiger partial charge is 0.385 e. The quantitative estimate of drug-likeness (QED) is 0.634. The summed E-state index contributed by atoms with van der Waals surface area (Å²) in [5, 5.41) is 0. The van der Waals surface area contributed by atoms with Crippen LogP contribution in [-0.2, 0) is 7.05 Å². The Bertz CT molecular complexity index is 524. The Labute approximate surface area is 79.7 Å². The first-order chi connectivity index (χ1) is 6.72. The van der Waals surface area contributed by atoms with Gasteiger partial charge in [-0.05, 0) is 0 Å². The van der Waals surface area contributed by atoms with Crippen LogP contribution in [0.4, 0.5) is 5.95 Å². The summed E-state index contributed by atoms with van der Waals surface area (Å²) in [7, 11) is 1.79. The van der Waals surface area contributed by atoms with Crippen LogP contribution >= 0.6 is 0 Å². The monoisotopic (exact) mass is 189 g/mol. The maximum atomic E-state index is 5.47. The fourth-order valence-electron chi connectivity index (χ4n) is 1.12. The van der Waals surface area contributed by atoms with E-state index < -0.39 is 0 Å². The van der Waals surface area contributed by atoms with Crippen LogP contribution in [0.3, 0.4) is 0 Å². The van der Waals surface area contributed by atoms with Crippen molar-refractivity contribution in [3.05, 3.63) is 6.33 Å². The van der Waals surface area contributed by atoms with E-state index in [0.29, 0.717) is 11.2 Å². The number of ether oxygens (including phenoxy) is 1. The molecule has 0 aromatic carbocycles. The summed E-state index contributed by atoms with van der Waals surface area (Å²) in [6.45, 7) is 0. The molecule has 0 aliphatic carbocycles. The maximum absolute atomic E-state index is 5.47. The number of fused-ring (bicyclic) bond motifs is 1. The molecule has 14 heavy (non-hydrogen) atoms. The number of terminal acetylenes is 1. The fraction of sp³-hybridized carbons (Fsp3) is 0.125. The Hall–Kier alpha value is -2.29. The van der Waals surface area contributed by atoms with Gasteiger partial charge in [0.1, 0.15) is 6.11 Å². The lowest BCUT2D eigenvalue weighted by Crippen LogP contribution is -1.99. The van der Waals surface area contributed by atoms with E-state index in [2.05, 4.69) is 15.0 Å². The number of aromatic nitrogens is 4. The smallest absolute Gasteiger partial charge is 0.263 e. The molecule has 0 radical (unpaired) electrons. The predicted molar refractivity (Wildman–Crippen MR) is 50.2 cm³/mol. The Kier molecular flexibility index (Phi) is 1.71. The standard InChI is InChI=1S/C8H7N5O/c1-3-14-7-5-6(11-8(9)12-7)13(2)4-10-5/h1,4H,2H3,(H2,9,11,12). The Morgan fingerprint density at radius 3 is 3.07 bits per heavy atom. The maximum Gasteiger partial charge on any atom is 0.263 e. The van der Waals surface area contributed by atoms with Crippen molar-refractivity contribution in [2.45, 2.75) is 0 Å². The Balaban J connectivity index is 2.76. The summed E-state index contributed by atoms with van der Waals surface area (Å²) in [6, 6.07) is 0. The van der Waals surface area contributed by atoms with Crippen LogP contribution in [-0.4, -0.2) is 19.5 Å². The SMILES string of the molecule is C#COc1nc(N)nc2c1ncn2C. The molecule has 70 valence electrons. The zero-order valence-electron chi connectivity index (χ0n) is 7.43. The number of hydrogen-bond donors (Lipinski definition) is 1. The van der Waals surface area contributed by atoms with Gasteiger partial charge in [0, 0.05) is 7.05 Å². The van der Waals surface area contributed by atoms with Crippen LogP contribution < -0.4 is 10.5 Å². The van der Waals surface area contributed by atoms with Crippen LogP contribution in [0.2, 0.25) is 0 Å². The van der Waals surface area contributed by atoms with Gasteiger partial charge in [0.15, 0.2) is 11.2 Å². The van der Waals surface area contributed by atoms with Crippen LogP contribution in [0.5, 0.6) is 5.88 Å². The van der Waals surface area contributed by atoms with Gasteiger partial charge < -0.3 is 15.0 Å². The highest BCUT2D eigenvalue weighted by Crippen LogP contribution is 2.20. The van der Waals surface area contributed by atoms with E-state index >= 15 is 0 Å². The summed E-state index contributed by atoms with van der Waals surface area (Å²) < 4.78 is 6.54. The molecule has 0 unspecified atom stereocenters. The third kappa shape index (κ3) is 1.11. The van der Waals surface area contributed by atoms with E-state index in [-0.39, 0.29) is 11.8 Å². The molecule has 0 atom stereocenters. The predicted octanol–water partition coefficient (Wildman–Crippen LogP) is -0.0850. The van der Waals surface area contributed by atoms with Gasteiger partial charge in [0.2, 0.25) is 5.95 Å². The minimum absolute atomic E-state index is 0.103. The van der Waals surface area contributed by atoms with Gasteiger partial charge in [0.05, 0.1) is 6.33 Å². The Morgan fingerprint density at radius 1 is 1.57 bits per heavy atom. The molecule has 0 bridgehead atoms. The van der Waals surface area contributed by atoms with Crippen molar-refractivity contribution in [2.75, 3.05) is 5.73 Å². The van der Waals surface area contributed by atoms with Crippen molar-refractivity contribution in [1.29, 1.82) is 0 Å². The molecule has 0 aliphatic heterocycles. The fourth-order valence-corrected chi connectivity index (χ4v) is 1.12. The summed E-state index contributed by atoms with van der Waals surface area (Å²) in [4.78, 5) is 11.9. The zero-order valence-corrected chi connectivity index (χ0v) is 7.43. The van der Waals surface area contributed by atoms with E-state index in [1.807, 2.05) is 6.11 Å². The van der Waals surface area contributed by atoms with Gasteiger partial charge in [0.25, 0.3) is 5.88 Å². The minimum Gasteiger partial charge on any atom is -0.385 e. The lowest BCUT2D eigenvalue weighted by Gasteiger charge is -1.99. The molecule has 0 saturated carbocycles. The molecule has 2 aromatic rings. The second-order valence-corrected chi connectivity index (χ2v) is 2.63. The average Bonchev–Trinajstić information content (AvgIpc) is 2.49. The Morgan fingerprint density at radius 2 is 2.36 bits per heavy atom. The molecule has 6 nitrogen and oxygen atoms in total. The molecule has 2 heterocycles. The van der Waals surface area contributed by atoms with Crippen molar-refractivity contribution in [3.8, 4) is 18.4 Å². The van der Waals surface area contributed by atoms with Gasteiger partial charge in [-0.3, -0.25) is 0 Å². The van der Waals surface area contributed by atoms with E-state index in [1.165, 1.54) is 0 Å². The van der Waals surface area contributed by atoms with Gasteiger partial charge in [-0.1, -0.05) is 6.42 Å². The third-order valence-electron chi connectivity index (χ3n) is 1.70. The number of rotatable bonds is 1. The van der Waals surface area contributed by atoms with E-state index in [1.54, 1.807) is 17.9 Å². The third-order valence-corrected chi connectivity index (χ3v) is 1.70. The van der Waals surface area contributed by atoms with Crippen LogP contribution in [0.25, 0.3) is 11.2 Å². The number of anilines is 1. The molecular formula is C8H7N5O. The van der Waals surface area contributed by atoms with Gasteiger partial charge in [-0.2, -0.15) is 9.97 Å². The van der Waals surface area contributed by atoms with Crippen LogP contribution in [0.1, 0.15) is 0 Å². The number of imidazole rings is 1. The van der Waals surface area contributed by atoms with Crippen molar-refractivity contribution in [2.24, 2.45) is 7.05 Å². The van der Waals surface area contributed by atoms with Crippen LogP contribution in [0.15, 0.2) is 6.33 Å². The number of hydrogen-bond acceptors (Lipinski definition) is 5. The number of nitrogen functional groups attached to an aromatic ring is 1. The molecule has 0 saturated heterocycles.